The summed E-state index contributed by atoms with van der Waals surface area (Å²) in [6, 6.07) is 8.02. The van der Waals surface area contributed by atoms with Crippen LogP contribution in [0.25, 0.3) is 6.08 Å². The van der Waals surface area contributed by atoms with E-state index in [4.69, 9.17) is 9.47 Å². The average molecular weight is 190 g/mol. The number of allylic oxidation sites excluding steroid dienone is 1. The first-order valence-corrected chi connectivity index (χ1v) is 4.86. The van der Waals surface area contributed by atoms with Crippen molar-refractivity contribution in [1.29, 1.82) is 0 Å². The quantitative estimate of drug-likeness (QED) is 0.680. The van der Waals surface area contributed by atoms with Crippen molar-refractivity contribution in [3.63, 3.8) is 0 Å². The van der Waals surface area contributed by atoms with Gasteiger partial charge in [-0.3, -0.25) is 0 Å². The molecule has 2 heteroatoms. The van der Waals surface area contributed by atoms with Crippen molar-refractivity contribution in [1.82, 2.24) is 0 Å². The first kappa shape index (κ1) is 9.28. The minimum Gasteiger partial charge on any atom is -0.490 e. The maximum atomic E-state index is 5.64. The standard InChI is InChI=1S/C12H14O2/c1-2-5-10-6-3-4-7-12(10)14-9-11-8-13-11/h2-7,11H,8-9H2,1H3/b5-2+. The van der Waals surface area contributed by atoms with Gasteiger partial charge in [-0.1, -0.05) is 30.4 Å². The molecule has 1 saturated heterocycles. The van der Waals surface area contributed by atoms with E-state index in [9.17, 15) is 0 Å². The van der Waals surface area contributed by atoms with Crippen molar-refractivity contribution in [3.05, 3.63) is 35.9 Å². The van der Waals surface area contributed by atoms with E-state index in [2.05, 4.69) is 0 Å². The van der Waals surface area contributed by atoms with E-state index in [-0.39, 0.29) is 0 Å². The van der Waals surface area contributed by atoms with E-state index < -0.39 is 0 Å². The fourth-order valence-corrected chi connectivity index (χ4v) is 1.28. The molecule has 2 nitrogen and oxygen atoms in total. The molecule has 0 spiro atoms. The lowest BCUT2D eigenvalue weighted by Gasteiger charge is -2.06. The number of benzene rings is 1. The van der Waals surface area contributed by atoms with E-state index in [0.29, 0.717) is 12.7 Å². The van der Waals surface area contributed by atoms with Crippen LogP contribution in [0.15, 0.2) is 30.3 Å². The Hall–Kier alpha value is -1.28. The summed E-state index contributed by atoms with van der Waals surface area (Å²) in [5.41, 5.74) is 1.12. The molecule has 0 bridgehead atoms. The van der Waals surface area contributed by atoms with Crippen LogP contribution in [0.4, 0.5) is 0 Å². The van der Waals surface area contributed by atoms with Gasteiger partial charge in [0.25, 0.3) is 0 Å². The number of epoxide rings is 1. The van der Waals surface area contributed by atoms with Crippen LogP contribution in [0.1, 0.15) is 12.5 Å². The predicted molar refractivity (Wildman–Crippen MR) is 56.4 cm³/mol. The lowest BCUT2D eigenvalue weighted by Crippen LogP contribution is -2.04. The van der Waals surface area contributed by atoms with Crippen LogP contribution in [-0.2, 0) is 4.74 Å². The van der Waals surface area contributed by atoms with Crippen molar-refractivity contribution in [3.8, 4) is 5.75 Å². The summed E-state index contributed by atoms with van der Waals surface area (Å²) in [5, 5.41) is 0. The average Bonchev–Trinajstić information content (AvgIpc) is 3.01. The highest BCUT2D eigenvalue weighted by molar-refractivity contribution is 5.56. The molecule has 0 aromatic heterocycles. The Morgan fingerprint density at radius 3 is 3.00 bits per heavy atom. The Labute approximate surface area is 84.2 Å². The van der Waals surface area contributed by atoms with Crippen LogP contribution in [0.2, 0.25) is 0 Å². The lowest BCUT2D eigenvalue weighted by atomic mass is 10.2. The molecule has 14 heavy (non-hydrogen) atoms. The van der Waals surface area contributed by atoms with E-state index in [1.165, 1.54) is 0 Å². The zero-order chi connectivity index (χ0) is 9.80. The third-order valence-corrected chi connectivity index (χ3v) is 2.09. The molecule has 1 atom stereocenters. The summed E-state index contributed by atoms with van der Waals surface area (Å²) in [6.07, 6.45) is 4.37. The first-order valence-electron chi connectivity index (χ1n) is 4.86. The second kappa shape index (κ2) is 4.29. The van der Waals surface area contributed by atoms with Crippen molar-refractivity contribution in [2.75, 3.05) is 13.2 Å². The third-order valence-electron chi connectivity index (χ3n) is 2.09. The van der Waals surface area contributed by atoms with E-state index in [1.54, 1.807) is 0 Å². The van der Waals surface area contributed by atoms with E-state index in [0.717, 1.165) is 17.9 Å². The summed E-state index contributed by atoms with van der Waals surface area (Å²) in [7, 11) is 0. The Morgan fingerprint density at radius 2 is 2.29 bits per heavy atom. The van der Waals surface area contributed by atoms with Gasteiger partial charge in [0.05, 0.1) is 6.61 Å². The molecule has 1 aromatic carbocycles. The van der Waals surface area contributed by atoms with Crippen LogP contribution < -0.4 is 4.74 Å². The van der Waals surface area contributed by atoms with Gasteiger partial charge >= 0.3 is 0 Å². The van der Waals surface area contributed by atoms with Gasteiger partial charge in [0.15, 0.2) is 0 Å². The SMILES string of the molecule is C/C=C/c1ccccc1OCC1CO1. The van der Waals surface area contributed by atoms with Gasteiger partial charge in [-0.25, -0.2) is 0 Å². The molecule has 1 aliphatic heterocycles. The normalized spacial score (nSPS) is 19.9. The van der Waals surface area contributed by atoms with Crippen molar-refractivity contribution >= 4 is 6.08 Å². The zero-order valence-corrected chi connectivity index (χ0v) is 8.27. The van der Waals surface area contributed by atoms with Crippen LogP contribution in [0.3, 0.4) is 0 Å². The van der Waals surface area contributed by atoms with Crippen molar-refractivity contribution < 1.29 is 9.47 Å². The van der Waals surface area contributed by atoms with Crippen molar-refractivity contribution in [2.45, 2.75) is 13.0 Å². The molecule has 74 valence electrons. The minimum absolute atomic E-state index is 0.314. The summed E-state index contributed by atoms with van der Waals surface area (Å²) in [5.74, 6) is 0.932. The van der Waals surface area contributed by atoms with Gasteiger partial charge in [-0.05, 0) is 13.0 Å². The molecule has 1 aliphatic rings. The number of rotatable bonds is 4. The van der Waals surface area contributed by atoms with Crippen molar-refractivity contribution in [2.24, 2.45) is 0 Å². The molecular weight excluding hydrogens is 176 g/mol. The summed E-state index contributed by atoms with van der Waals surface area (Å²) >= 11 is 0. The molecule has 0 radical (unpaired) electrons. The topological polar surface area (TPSA) is 21.8 Å². The Morgan fingerprint density at radius 1 is 1.50 bits per heavy atom. The molecule has 0 N–H and O–H groups in total. The number of hydrogen-bond donors (Lipinski definition) is 0. The Kier molecular flexibility index (Phi) is 2.84. The molecule has 2 rings (SSSR count). The molecule has 1 fully saturated rings. The maximum absolute atomic E-state index is 5.64. The fraction of sp³-hybridized carbons (Fsp3) is 0.333. The number of ether oxygens (including phenoxy) is 2. The molecule has 0 saturated carbocycles. The highest BCUT2D eigenvalue weighted by Crippen LogP contribution is 2.21. The molecule has 1 heterocycles. The lowest BCUT2D eigenvalue weighted by molar-refractivity contribution is 0.262. The monoisotopic (exact) mass is 190 g/mol. The second-order valence-corrected chi connectivity index (χ2v) is 3.30. The maximum Gasteiger partial charge on any atom is 0.126 e. The van der Waals surface area contributed by atoms with Crippen LogP contribution in [0.5, 0.6) is 5.75 Å². The Balaban J connectivity index is 2.05. The van der Waals surface area contributed by atoms with Gasteiger partial charge < -0.3 is 9.47 Å². The second-order valence-electron chi connectivity index (χ2n) is 3.30. The highest BCUT2D eigenvalue weighted by atomic mass is 16.6. The Bertz CT molecular complexity index is 327. The zero-order valence-electron chi connectivity index (χ0n) is 8.27. The molecule has 0 aliphatic carbocycles. The van der Waals surface area contributed by atoms with Gasteiger partial charge in [0.2, 0.25) is 0 Å². The smallest absolute Gasteiger partial charge is 0.126 e. The highest BCUT2D eigenvalue weighted by Gasteiger charge is 2.23. The molecule has 1 aromatic rings. The van der Waals surface area contributed by atoms with Gasteiger partial charge in [0.1, 0.15) is 18.5 Å². The van der Waals surface area contributed by atoms with Gasteiger partial charge in [0, 0.05) is 5.56 Å². The summed E-state index contributed by atoms with van der Waals surface area (Å²) < 4.78 is 10.7. The molecule has 1 unspecified atom stereocenters. The number of para-hydroxylation sites is 1. The van der Waals surface area contributed by atoms with E-state index >= 15 is 0 Å². The van der Waals surface area contributed by atoms with Gasteiger partial charge in [-0.2, -0.15) is 0 Å². The van der Waals surface area contributed by atoms with Crippen LogP contribution in [-0.4, -0.2) is 19.3 Å². The minimum atomic E-state index is 0.314. The fourth-order valence-electron chi connectivity index (χ4n) is 1.28. The van der Waals surface area contributed by atoms with Crippen LogP contribution >= 0.6 is 0 Å². The molecule has 0 amide bonds. The summed E-state index contributed by atoms with van der Waals surface area (Å²) in [4.78, 5) is 0. The van der Waals surface area contributed by atoms with Crippen LogP contribution in [0, 0.1) is 0 Å². The summed E-state index contributed by atoms with van der Waals surface area (Å²) in [6.45, 7) is 3.50. The number of hydrogen-bond acceptors (Lipinski definition) is 2. The first-order chi connectivity index (χ1) is 6.90. The van der Waals surface area contributed by atoms with E-state index in [1.807, 2.05) is 43.3 Å². The predicted octanol–water partition coefficient (Wildman–Crippen LogP) is 2.50. The van der Waals surface area contributed by atoms with Gasteiger partial charge in [-0.15, -0.1) is 0 Å². The largest absolute Gasteiger partial charge is 0.490 e. The third kappa shape index (κ3) is 2.36. The molecular formula is C12H14O2.